The molecular weight excluding hydrogens is 387 g/mol. The minimum absolute atomic E-state index is 0.130. The maximum Gasteiger partial charge on any atom is 0.573 e. The van der Waals surface area contributed by atoms with E-state index in [-0.39, 0.29) is 17.2 Å². The van der Waals surface area contributed by atoms with Gasteiger partial charge in [-0.25, -0.2) is 8.78 Å². The number of unbranched alkanes of at least 4 members (excludes halogenated alkanes) is 1. The highest BCUT2D eigenvalue weighted by Crippen LogP contribution is 2.33. The molecule has 29 heavy (non-hydrogen) atoms. The summed E-state index contributed by atoms with van der Waals surface area (Å²) in [6, 6.07) is 7.29. The molecule has 1 unspecified atom stereocenters. The van der Waals surface area contributed by atoms with E-state index in [1.807, 2.05) is 6.92 Å². The number of hydrogen-bond donors (Lipinski definition) is 0. The van der Waals surface area contributed by atoms with Gasteiger partial charge in [0.25, 0.3) is 0 Å². The molecule has 0 aliphatic heterocycles. The third-order valence-corrected chi connectivity index (χ3v) is 5.56. The van der Waals surface area contributed by atoms with E-state index in [4.69, 9.17) is 0 Å². The van der Waals surface area contributed by atoms with Crippen molar-refractivity contribution in [2.24, 2.45) is 5.92 Å². The van der Waals surface area contributed by atoms with E-state index < -0.39 is 18.0 Å². The minimum Gasteiger partial charge on any atom is -0.406 e. The summed E-state index contributed by atoms with van der Waals surface area (Å²) in [4.78, 5) is 0. The SMILES string of the molecule is CCCCc1cc(F)c(CCC2CCc3cc(OC(F)(F)F)ccc3C2)c(F)c1. The maximum absolute atomic E-state index is 14.4. The zero-order valence-electron chi connectivity index (χ0n) is 16.4. The fourth-order valence-corrected chi connectivity index (χ4v) is 4.02. The van der Waals surface area contributed by atoms with Crippen molar-refractivity contribution in [2.75, 3.05) is 0 Å². The van der Waals surface area contributed by atoms with Crippen LogP contribution in [-0.4, -0.2) is 6.36 Å². The number of halogens is 5. The predicted molar refractivity (Wildman–Crippen MR) is 102 cm³/mol. The number of alkyl halides is 3. The first kappa shape index (κ1) is 21.6. The molecule has 158 valence electrons. The molecule has 0 saturated heterocycles. The van der Waals surface area contributed by atoms with Crippen LogP contribution < -0.4 is 4.74 Å². The number of benzene rings is 2. The lowest BCUT2D eigenvalue weighted by Crippen LogP contribution is -2.19. The molecule has 2 aromatic rings. The van der Waals surface area contributed by atoms with Crippen molar-refractivity contribution in [1.29, 1.82) is 0 Å². The van der Waals surface area contributed by atoms with Crippen LogP contribution in [0.5, 0.6) is 5.75 Å². The van der Waals surface area contributed by atoms with Crippen molar-refractivity contribution in [3.05, 3.63) is 64.2 Å². The van der Waals surface area contributed by atoms with Crippen LogP contribution in [0.15, 0.2) is 30.3 Å². The van der Waals surface area contributed by atoms with Crippen LogP contribution in [0, 0.1) is 17.6 Å². The number of hydrogen-bond acceptors (Lipinski definition) is 1. The van der Waals surface area contributed by atoms with Gasteiger partial charge in [-0.2, -0.15) is 0 Å². The lowest BCUT2D eigenvalue weighted by Gasteiger charge is -2.25. The summed E-state index contributed by atoms with van der Waals surface area (Å²) < 4.78 is 69.8. The highest BCUT2D eigenvalue weighted by molar-refractivity contribution is 5.37. The van der Waals surface area contributed by atoms with Crippen molar-refractivity contribution in [3.63, 3.8) is 0 Å². The van der Waals surface area contributed by atoms with Gasteiger partial charge in [-0.05, 0) is 91.8 Å². The monoisotopic (exact) mass is 412 g/mol. The normalized spacial score (nSPS) is 16.6. The average Bonchev–Trinajstić information content (AvgIpc) is 2.64. The standard InChI is InChI=1S/C23H25F5O/c1-2-3-4-16-12-21(24)20(22(25)13-16)10-6-15-5-7-18-14-19(29-23(26,27)28)9-8-17(18)11-15/h8-9,12-15H,2-7,10-11H2,1H3. The van der Waals surface area contributed by atoms with Crippen molar-refractivity contribution in [2.45, 2.75) is 64.7 Å². The van der Waals surface area contributed by atoms with Crippen molar-refractivity contribution in [1.82, 2.24) is 0 Å². The molecule has 1 aliphatic carbocycles. The molecule has 0 radical (unpaired) electrons. The fourth-order valence-electron chi connectivity index (χ4n) is 4.02. The Morgan fingerprint density at radius 1 is 1.00 bits per heavy atom. The van der Waals surface area contributed by atoms with Gasteiger partial charge in [0.15, 0.2) is 0 Å². The molecule has 1 aliphatic rings. The largest absolute Gasteiger partial charge is 0.573 e. The molecule has 1 atom stereocenters. The molecule has 0 aromatic heterocycles. The number of fused-ring (bicyclic) bond motifs is 1. The Labute approximate surface area is 167 Å². The molecule has 0 saturated carbocycles. The lowest BCUT2D eigenvalue weighted by atomic mass is 9.81. The van der Waals surface area contributed by atoms with Crippen LogP contribution in [0.25, 0.3) is 0 Å². The van der Waals surface area contributed by atoms with E-state index in [0.717, 1.165) is 30.4 Å². The summed E-state index contributed by atoms with van der Waals surface area (Å²) >= 11 is 0. The van der Waals surface area contributed by atoms with E-state index >= 15 is 0 Å². The van der Waals surface area contributed by atoms with Crippen LogP contribution in [0.2, 0.25) is 0 Å². The topological polar surface area (TPSA) is 9.23 Å². The van der Waals surface area contributed by atoms with Gasteiger partial charge in [-0.1, -0.05) is 19.4 Å². The smallest absolute Gasteiger partial charge is 0.406 e. The van der Waals surface area contributed by atoms with Crippen molar-refractivity contribution < 1.29 is 26.7 Å². The van der Waals surface area contributed by atoms with Crippen LogP contribution in [0.4, 0.5) is 22.0 Å². The van der Waals surface area contributed by atoms with Gasteiger partial charge in [-0.3, -0.25) is 0 Å². The van der Waals surface area contributed by atoms with Crippen LogP contribution in [0.1, 0.15) is 54.9 Å². The Morgan fingerprint density at radius 3 is 2.38 bits per heavy atom. The zero-order valence-corrected chi connectivity index (χ0v) is 16.4. The Balaban J connectivity index is 1.61. The van der Waals surface area contributed by atoms with E-state index in [9.17, 15) is 22.0 Å². The third-order valence-electron chi connectivity index (χ3n) is 5.56. The Hall–Kier alpha value is -2.11. The van der Waals surface area contributed by atoms with Gasteiger partial charge >= 0.3 is 6.36 Å². The van der Waals surface area contributed by atoms with Crippen LogP contribution >= 0.6 is 0 Å². The van der Waals surface area contributed by atoms with E-state index in [0.29, 0.717) is 37.7 Å². The number of rotatable bonds is 7. The van der Waals surface area contributed by atoms with Gasteiger partial charge in [0.2, 0.25) is 0 Å². The van der Waals surface area contributed by atoms with E-state index in [2.05, 4.69) is 4.74 Å². The van der Waals surface area contributed by atoms with E-state index in [1.165, 1.54) is 24.3 Å². The quantitative estimate of drug-likeness (QED) is 0.448. The van der Waals surface area contributed by atoms with Gasteiger partial charge in [-0.15, -0.1) is 13.2 Å². The molecule has 0 amide bonds. The summed E-state index contributed by atoms with van der Waals surface area (Å²) in [6.07, 6.45) is 0.905. The van der Waals surface area contributed by atoms with Gasteiger partial charge in [0.05, 0.1) is 0 Å². The molecule has 1 nitrogen and oxygen atoms in total. The first-order valence-electron chi connectivity index (χ1n) is 10.1. The van der Waals surface area contributed by atoms with Crippen molar-refractivity contribution >= 4 is 0 Å². The molecule has 6 heteroatoms. The second-order valence-electron chi connectivity index (χ2n) is 7.77. The first-order valence-corrected chi connectivity index (χ1v) is 10.1. The Morgan fingerprint density at radius 2 is 1.72 bits per heavy atom. The summed E-state index contributed by atoms with van der Waals surface area (Å²) in [5, 5.41) is 0. The van der Waals surface area contributed by atoms with Gasteiger partial charge in [0.1, 0.15) is 17.4 Å². The molecule has 3 rings (SSSR count). The minimum atomic E-state index is -4.70. The third kappa shape index (κ3) is 5.94. The Bertz CT molecular complexity index is 821. The second kappa shape index (κ2) is 9.14. The molecule has 0 heterocycles. The van der Waals surface area contributed by atoms with Gasteiger partial charge < -0.3 is 4.74 Å². The van der Waals surface area contributed by atoms with Gasteiger partial charge in [0, 0.05) is 5.56 Å². The molecule has 0 fully saturated rings. The molecular formula is C23H25F5O. The maximum atomic E-state index is 14.4. The summed E-state index contributed by atoms with van der Waals surface area (Å²) in [6.45, 7) is 2.04. The van der Waals surface area contributed by atoms with E-state index in [1.54, 1.807) is 6.07 Å². The molecule has 0 bridgehead atoms. The highest BCUT2D eigenvalue weighted by Gasteiger charge is 2.31. The highest BCUT2D eigenvalue weighted by atomic mass is 19.4. The fraction of sp³-hybridized carbons (Fsp3) is 0.478. The zero-order chi connectivity index (χ0) is 21.0. The van der Waals surface area contributed by atoms with Crippen LogP contribution in [-0.2, 0) is 25.7 Å². The summed E-state index contributed by atoms with van der Waals surface area (Å²) in [5.41, 5.74) is 2.64. The first-order chi connectivity index (χ1) is 13.7. The second-order valence-corrected chi connectivity index (χ2v) is 7.77. The molecule has 0 N–H and O–H groups in total. The predicted octanol–water partition coefficient (Wildman–Crippen LogP) is 6.94. The summed E-state index contributed by atoms with van der Waals surface area (Å²) in [7, 11) is 0. The number of ether oxygens (including phenoxy) is 1. The lowest BCUT2D eigenvalue weighted by molar-refractivity contribution is -0.274. The van der Waals surface area contributed by atoms with Crippen LogP contribution in [0.3, 0.4) is 0 Å². The molecule has 2 aromatic carbocycles. The Kier molecular flexibility index (Phi) is 6.81. The molecule has 0 spiro atoms. The average molecular weight is 412 g/mol. The van der Waals surface area contributed by atoms with Crippen molar-refractivity contribution in [3.8, 4) is 5.75 Å². The summed E-state index contributed by atoms with van der Waals surface area (Å²) in [5.74, 6) is -0.931. The number of aryl methyl sites for hydroxylation is 2.